The molecule has 0 aliphatic carbocycles. The highest BCUT2D eigenvalue weighted by atomic mass is 32.1. The average Bonchev–Trinajstić information content (AvgIpc) is 2.78. The number of thiocarbonyl (C=S) groups is 1. The van der Waals surface area contributed by atoms with Crippen LogP contribution in [-0.2, 0) is 4.79 Å². The molecule has 1 unspecified atom stereocenters. The van der Waals surface area contributed by atoms with E-state index in [2.05, 4.69) is 10.1 Å². The number of allylic oxidation sites excluding steroid dienone is 1. The predicted molar refractivity (Wildman–Crippen MR) is 125 cm³/mol. The second kappa shape index (κ2) is 10.0. The molecule has 0 aromatic heterocycles. The normalized spacial score (nSPS) is 15.9. The van der Waals surface area contributed by atoms with E-state index in [4.69, 9.17) is 21.7 Å². The van der Waals surface area contributed by atoms with Crippen LogP contribution >= 0.6 is 12.2 Å². The van der Waals surface area contributed by atoms with E-state index in [1.54, 1.807) is 45.2 Å². The number of alkyl halides is 2. The third-order valence-corrected chi connectivity index (χ3v) is 5.48. The molecular formula is C23H25F2N3O4S. The number of hydrogen-bond acceptors (Lipinski definition) is 5. The van der Waals surface area contributed by atoms with Crippen molar-refractivity contribution in [2.75, 3.05) is 33.2 Å². The highest BCUT2D eigenvalue weighted by molar-refractivity contribution is 7.80. The highest BCUT2D eigenvalue weighted by Gasteiger charge is 2.36. The number of ether oxygens (including phenoxy) is 3. The van der Waals surface area contributed by atoms with Crippen LogP contribution in [-0.4, -0.2) is 50.8 Å². The van der Waals surface area contributed by atoms with E-state index in [0.717, 1.165) is 0 Å². The van der Waals surface area contributed by atoms with Crippen molar-refractivity contribution in [3.05, 3.63) is 59.3 Å². The maximum atomic E-state index is 13.3. The molecule has 2 aromatic rings. The van der Waals surface area contributed by atoms with Crippen LogP contribution in [0.1, 0.15) is 18.5 Å². The molecule has 0 saturated heterocycles. The lowest BCUT2D eigenvalue weighted by Crippen LogP contribution is -2.49. The van der Waals surface area contributed by atoms with Crippen molar-refractivity contribution < 1.29 is 27.8 Å². The Bertz CT molecular complexity index is 1090. The van der Waals surface area contributed by atoms with Crippen molar-refractivity contribution in [1.82, 2.24) is 10.2 Å². The van der Waals surface area contributed by atoms with Gasteiger partial charge in [-0.05, 0) is 49.0 Å². The minimum absolute atomic E-state index is 0.140. The second-order valence-corrected chi connectivity index (χ2v) is 7.76. The second-order valence-electron chi connectivity index (χ2n) is 7.38. The minimum atomic E-state index is -3.03. The summed E-state index contributed by atoms with van der Waals surface area (Å²) in [6.07, 6.45) is 0. The Morgan fingerprint density at radius 2 is 1.76 bits per heavy atom. The fourth-order valence-corrected chi connectivity index (χ4v) is 4.03. The van der Waals surface area contributed by atoms with Gasteiger partial charge in [0.15, 0.2) is 16.6 Å². The number of likely N-dealkylation sites (N-methyl/N-ethyl adjacent to an activating group) is 1. The number of carbonyl (C=O) groups excluding carboxylic acids is 1. The van der Waals surface area contributed by atoms with Gasteiger partial charge in [-0.25, -0.2) is 0 Å². The molecule has 1 amide bonds. The van der Waals surface area contributed by atoms with E-state index >= 15 is 0 Å². The Morgan fingerprint density at radius 1 is 1.09 bits per heavy atom. The molecule has 0 fully saturated rings. The summed E-state index contributed by atoms with van der Waals surface area (Å²) in [5, 5.41) is 3.50. The van der Waals surface area contributed by atoms with Gasteiger partial charge in [0.05, 0.1) is 31.5 Å². The molecule has 1 aliphatic heterocycles. The summed E-state index contributed by atoms with van der Waals surface area (Å²) >= 11 is 5.65. The zero-order valence-electron chi connectivity index (χ0n) is 18.9. The first-order chi connectivity index (χ1) is 15.7. The van der Waals surface area contributed by atoms with Gasteiger partial charge in [0.1, 0.15) is 5.75 Å². The first-order valence-corrected chi connectivity index (χ1v) is 10.4. The number of nitrogens with zero attached hydrogens (tertiary/aromatic N) is 2. The van der Waals surface area contributed by atoms with E-state index in [9.17, 15) is 13.6 Å². The maximum absolute atomic E-state index is 13.3. The monoisotopic (exact) mass is 477 g/mol. The van der Waals surface area contributed by atoms with Crippen LogP contribution < -0.4 is 24.4 Å². The van der Waals surface area contributed by atoms with Gasteiger partial charge in [0.25, 0.3) is 5.91 Å². The molecule has 3 rings (SSSR count). The van der Waals surface area contributed by atoms with Crippen LogP contribution in [0.3, 0.4) is 0 Å². The highest BCUT2D eigenvalue weighted by Crippen LogP contribution is 2.40. The van der Waals surface area contributed by atoms with Crippen LogP contribution in [0.2, 0.25) is 0 Å². The standard InChI is InChI=1S/C23H25F2N3O4S/c1-13-19(21(29)27(2)3)20(14-10-11-17(31-5)18(12-14)32-22(24)25)26-23(33)28(13)15-8-6-7-9-16(15)30-4/h6-12,20,22H,1-5H3,(H,26,33). The van der Waals surface area contributed by atoms with E-state index in [1.807, 2.05) is 18.2 Å². The molecule has 2 aromatic carbocycles. The van der Waals surface area contributed by atoms with Gasteiger partial charge >= 0.3 is 6.61 Å². The Hall–Kier alpha value is -3.40. The Labute approximate surface area is 196 Å². The van der Waals surface area contributed by atoms with Crippen molar-refractivity contribution >= 4 is 28.9 Å². The summed E-state index contributed by atoms with van der Waals surface area (Å²) in [5.41, 5.74) is 2.15. The number of methoxy groups -OCH3 is 2. The van der Waals surface area contributed by atoms with Crippen molar-refractivity contribution in [1.29, 1.82) is 0 Å². The van der Waals surface area contributed by atoms with Crippen LogP contribution in [0.4, 0.5) is 14.5 Å². The number of nitrogens with one attached hydrogen (secondary N) is 1. The number of amides is 1. The third-order valence-electron chi connectivity index (χ3n) is 5.18. The van der Waals surface area contributed by atoms with Gasteiger partial charge in [0.2, 0.25) is 0 Å². The molecule has 0 radical (unpaired) electrons. The van der Waals surface area contributed by atoms with E-state index < -0.39 is 12.7 Å². The number of benzene rings is 2. The first-order valence-electron chi connectivity index (χ1n) is 9.98. The van der Waals surface area contributed by atoms with Gasteiger partial charge in [-0.1, -0.05) is 18.2 Å². The van der Waals surface area contributed by atoms with Crippen LogP contribution in [0.5, 0.6) is 17.2 Å². The Kier molecular flexibility index (Phi) is 7.37. The summed E-state index contributed by atoms with van der Waals surface area (Å²) in [5.74, 6) is 0.321. The number of anilines is 1. The topological polar surface area (TPSA) is 63.3 Å². The first kappa shape index (κ1) is 24.2. The zero-order valence-corrected chi connectivity index (χ0v) is 19.7. The lowest BCUT2D eigenvalue weighted by molar-refractivity contribution is -0.125. The van der Waals surface area contributed by atoms with Crippen LogP contribution in [0.15, 0.2) is 53.7 Å². The van der Waals surface area contributed by atoms with Crippen molar-refractivity contribution in [3.8, 4) is 17.2 Å². The number of halogens is 2. The number of carbonyl (C=O) groups is 1. The predicted octanol–water partition coefficient (Wildman–Crippen LogP) is 4.10. The van der Waals surface area contributed by atoms with Gasteiger partial charge in [-0.3, -0.25) is 9.69 Å². The third kappa shape index (κ3) is 4.85. The van der Waals surface area contributed by atoms with Crippen molar-refractivity contribution in [2.24, 2.45) is 0 Å². The Morgan fingerprint density at radius 3 is 2.36 bits per heavy atom. The molecule has 1 N–H and O–H groups in total. The van der Waals surface area contributed by atoms with Crippen LogP contribution in [0.25, 0.3) is 0 Å². The SMILES string of the molecule is COc1ccc(C2NC(=S)N(c3ccccc3OC)C(C)=C2C(=O)N(C)C)cc1OC(F)F. The van der Waals surface area contributed by atoms with Crippen LogP contribution in [0, 0.1) is 0 Å². The van der Waals surface area contributed by atoms with E-state index in [-0.39, 0.29) is 17.4 Å². The summed E-state index contributed by atoms with van der Waals surface area (Å²) in [4.78, 5) is 16.4. The molecule has 7 nitrogen and oxygen atoms in total. The summed E-state index contributed by atoms with van der Waals surface area (Å²) in [7, 11) is 6.19. The van der Waals surface area contributed by atoms with Gasteiger partial charge in [-0.15, -0.1) is 0 Å². The fourth-order valence-electron chi connectivity index (χ4n) is 3.68. The van der Waals surface area contributed by atoms with Gasteiger partial charge < -0.3 is 24.4 Å². The van der Waals surface area contributed by atoms with Gasteiger partial charge in [-0.2, -0.15) is 8.78 Å². The van der Waals surface area contributed by atoms with Crippen molar-refractivity contribution in [2.45, 2.75) is 19.6 Å². The molecule has 10 heteroatoms. The number of para-hydroxylation sites is 2. The summed E-state index contributed by atoms with van der Waals surface area (Å²) < 4.78 is 41.1. The van der Waals surface area contributed by atoms with E-state index in [1.165, 1.54) is 24.1 Å². The minimum Gasteiger partial charge on any atom is -0.495 e. The van der Waals surface area contributed by atoms with Gasteiger partial charge in [0, 0.05) is 19.8 Å². The molecule has 1 aliphatic rings. The molecular weight excluding hydrogens is 452 g/mol. The average molecular weight is 478 g/mol. The molecule has 0 saturated carbocycles. The number of rotatable bonds is 7. The lowest BCUT2D eigenvalue weighted by atomic mass is 9.93. The lowest BCUT2D eigenvalue weighted by Gasteiger charge is -2.39. The molecule has 176 valence electrons. The molecule has 0 bridgehead atoms. The fraction of sp³-hybridized carbons (Fsp3) is 0.304. The molecule has 0 spiro atoms. The summed E-state index contributed by atoms with van der Waals surface area (Å²) in [6.45, 7) is -1.25. The number of hydrogen-bond donors (Lipinski definition) is 1. The smallest absolute Gasteiger partial charge is 0.387 e. The molecule has 1 atom stereocenters. The zero-order chi connectivity index (χ0) is 24.3. The quantitative estimate of drug-likeness (QED) is 0.603. The van der Waals surface area contributed by atoms with Crippen molar-refractivity contribution in [3.63, 3.8) is 0 Å². The molecule has 33 heavy (non-hydrogen) atoms. The Balaban J connectivity index is 2.18. The van der Waals surface area contributed by atoms with E-state index in [0.29, 0.717) is 33.4 Å². The molecule has 1 heterocycles. The maximum Gasteiger partial charge on any atom is 0.387 e. The largest absolute Gasteiger partial charge is 0.495 e. The summed E-state index contributed by atoms with van der Waals surface area (Å²) in [6, 6.07) is 11.2.